The maximum atomic E-state index is 10.2. The van der Waals surface area contributed by atoms with Gasteiger partial charge in [0.15, 0.2) is 0 Å². The van der Waals surface area contributed by atoms with Gasteiger partial charge in [0.25, 0.3) is 0 Å². The van der Waals surface area contributed by atoms with Crippen molar-refractivity contribution in [1.82, 2.24) is 4.90 Å². The van der Waals surface area contributed by atoms with Crippen molar-refractivity contribution in [3.05, 3.63) is 0 Å². The van der Waals surface area contributed by atoms with Gasteiger partial charge in [0.05, 0.1) is 12.7 Å². The summed E-state index contributed by atoms with van der Waals surface area (Å²) >= 11 is 0. The van der Waals surface area contributed by atoms with Crippen molar-refractivity contribution < 1.29 is 9.53 Å². The van der Waals surface area contributed by atoms with Gasteiger partial charge in [-0.15, -0.1) is 0 Å². The van der Waals surface area contributed by atoms with Gasteiger partial charge in [-0.25, -0.2) is 0 Å². The first-order valence-electron chi connectivity index (χ1n) is 6.14. The van der Waals surface area contributed by atoms with Gasteiger partial charge in [0.2, 0.25) is 0 Å². The van der Waals surface area contributed by atoms with Crippen LogP contribution in [0.4, 0.5) is 0 Å². The maximum absolute atomic E-state index is 10.2. The van der Waals surface area contributed by atoms with Gasteiger partial charge in [0, 0.05) is 19.5 Å². The van der Waals surface area contributed by atoms with Crippen LogP contribution in [0.25, 0.3) is 0 Å². The molecule has 3 heteroatoms. The highest BCUT2D eigenvalue weighted by Crippen LogP contribution is 2.12. The van der Waals surface area contributed by atoms with Gasteiger partial charge in [-0.2, -0.15) is 0 Å². The van der Waals surface area contributed by atoms with E-state index in [9.17, 15) is 4.79 Å². The lowest BCUT2D eigenvalue weighted by atomic mass is 10.1. The van der Waals surface area contributed by atoms with Crippen LogP contribution in [0.15, 0.2) is 0 Å². The van der Waals surface area contributed by atoms with Gasteiger partial charge >= 0.3 is 0 Å². The van der Waals surface area contributed by atoms with Gasteiger partial charge in [-0.05, 0) is 19.4 Å². The standard InChI is InChI=1S/C12H23NO2/c1-2-3-6-12-11-13(8-10-15-12)7-4-5-9-14/h9,12H,2-8,10-11H2,1H3. The van der Waals surface area contributed by atoms with Crippen molar-refractivity contribution in [1.29, 1.82) is 0 Å². The number of carbonyl (C=O) groups excluding carboxylic acids is 1. The number of rotatable bonds is 7. The molecule has 15 heavy (non-hydrogen) atoms. The van der Waals surface area contributed by atoms with Gasteiger partial charge in [-0.1, -0.05) is 19.8 Å². The first-order chi connectivity index (χ1) is 7.36. The first kappa shape index (κ1) is 12.7. The van der Waals surface area contributed by atoms with Crippen molar-refractivity contribution in [3.63, 3.8) is 0 Å². The third-order valence-corrected chi connectivity index (χ3v) is 2.90. The fourth-order valence-corrected chi connectivity index (χ4v) is 1.99. The zero-order valence-electron chi connectivity index (χ0n) is 9.78. The summed E-state index contributed by atoms with van der Waals surface area (Å²) in [6.07, 6.45) is 6.80. The van der Waals surface area contributed by atoms with Crippen LogP contribution in [0, 0.1) is 0 Å². The van der Waals surface area contributed by atoms with Crippen molar-refractivity contribution in [2.24, 2.45) is 0 Å². The largest absolute Gasteiger partial charge is 0.376 e. The molecule has 1 heterocycles. The van der Waals surface area contributed by atoms with Crippen LogP contribution in [0.1, 0.15) is 39.0 Å². The zero-order chi connectivity index (χ0) is 10.9. The zero-order valence-corrected chi connectivity index (χ0v) is 9.78. The first-order valence-corrected chi connectivity index (χ1v) is 6.14. The lowest BCUT2D eigenvalue weighted by Gasteiger charge is -2.32. The van der Waals surface area contributed by atoms with Crippen LogP contribution in [-0.4, -0.2) is 43.5 Å². The number of hydrogen-bond acceptors (Lipinski definition) is 3. The molecule has 0 saturated carbocycles. The molecule has 0 spiro atoms. The Morgan fingerprint density at radius 2 is 2.33 bits per heavy atom. The SMILES string of the molecule is CCCCC1CN(CCCC=O)CCO1. The number of morpholine rings is 1. The minimum absolute atomic E-state index is 0.426. The molecular weight excluding hydrogens is 190 g/mol. The molecule has 0 N–H and O–H groups in total. The van der Waals surface area contributed by atoms with Crippen molar-refractivity contribution in [3.8, 4) is 0 Å². The molecule has 0 amide bonds. The highest BCUT2D eigenvalue weighted by Gasteiger charge is 2.18. The average molecular weight is 213 g/mol. The predicted molar refractivity (Wildman–Crippen MR) is 61.0 cm³/mol. The molecule has 1 aliphatic rings. The molecule has 0 bridgehead atoms. The summed E-state index contributed by atoms with van der Waals surface area (Å²) in [4.78, 5) is 12.6. The fourth-order valence-electron chi connectivity index (χ4n) is 1.99. The number of ether oxygens (including phenoxy) is 1. The van der Waals surface area contributed by atoms with Crippen molar-refractivity contribution in [2.75, 3.05) is 26.2 Å². The normalized spacial score (nSPS) is 22.9. The summed E-state index contributed by atoms with van der Waals surface area (Å²) in [5.41, 5.74) is 0. The predicted octanol–water partition coefficient (Wildman–Crippen LogP) is 1.86. The van der Waals surface area contributed by atoms with E-state index in [2.05, 4.69) is 11.8 Å². The van der Waals surface area contributed by atoms with E-state index in [0.717, 1.165) is 38.9 Å². The molecule has 1 unspecified atom stereocenters. The van der Waals surface area contributed by atoms with Crippen LogP contribution in [0.5, 0.6) is 0 Å². The molecule has 88 valence electrons. The Morgan fingerprint density at radius 1 is 1.47 bits per heavy atom. The quantitative estimate of drug-likeness (QED) is 0.477. The summed E-state index contributed by atoms with van der Waals surface area (Å²) in [6.45, 7) is 6.20. The Labute approximate surface area is 92.8 Å². The summed E-state index contributed by atoms with van der Waals surface area (Å²) in [7, 11) is 0. The molecule has 0 aromatic rings. The Hall–Kier alpha value is -0.410. The van der Waals surface area contributed by atoms with E-state index in [1.54, 1.807) is 0 Å². The van der Waals surface area contributed by atoms with Crippen molar-refractivity contribution >= 4 is 6.29 Å². The minimum atomic E-state index is 0.426. The molecule has 1 saturated heterocycles. The Morgan fingerprint density at radius 3 is 3.07 bits per heavy atom. The summed E-state index contributed by atoms with van der Waals surface area (Å²) < 4.78 is 5.71. The molecule has 1 aliphatic heterocycles. The van der Waals surface area contributed by atoms with Crippen LogP contribution in [0.3, 0.4) is 0 Å². The second kappa shape index (κ2) is 7.83. The van der Waals surface area contributed by atoms with E-state index >= 15 is 0 Å². The number of hydrogen-bond donors (Lipinski definition) is 0. The van der Waals surface area contributed by atoms with E-state index in [1.165, 1.54) is 19.3 Å². The smallest absolute Gasteiger partial charge is 0.120 e. The number of unbranched alkanes of at least 4 members (excludes halogenated alkanes) is 2. The van der Waals surface area contributed by atoms with E-state index in [1.807, 2.05) is 0 Å². The highest BCUT2D eigenvalue weighted by atomic mass is 16.5. The molecule has 0 aromatic carbocycles. The van der Waals surface area contributed by atoms with E-state index < -0.39 is 0 Å². The molecular formula is C12H23NO2. The average Bonchev–Trinajstić information content (AvgIpc) is 2.27. The topological polar surface area (TPSA) is 29.5 Å². The lowest BCUT2D eigenvalue weighted by Crippen LogP contribution is -2.42. The number of carbonyl (C=O) groups is 1. The van der Waals surface area contributed by atoms with Crippen LogP contribution in [0.2, 0.25) is 0 Å². The van der Waals surface area contributed by atoms with E-state index in [-0.39, 0.29) is 0 Å². The molecule has 1 fully saturated rings. The second-order valence-electron chi connectivity index (χ2n) is 4.24. The van der Waals surface area contributed by atoms with Crippen LogP contribution < -0.4 is 0 Å². The van der Waals surface area contributed by atoms with Gasteiger partial charge in [-0.3, -0.25) is 4.90 Å². The molecule has 0 aliphatic carbocycles. The molecule has 1 atom stereocenters. The van der Waals surface area contributed by atoms with Crippen molar-refractivity contribution in [2.45, 2.75) is 45.1 Å². The minimum Gasteiger partial charge on any atom is -0.376 e. The molecule has 0 radical (unpaired) electrons. The fraction of sp³-hybridized carbons (Fsp3) is 0.917. The third kappa shape index (κ3) is 5.28. The highest BCUT2D eigenvalue weighted by molar-refractivity contribution is 5.48. The number of aldehydes is 1. The van der Waals surface area contributed by atoms with Gasteiger partial charge < -0.3 is 9.53 Å². The second-order valence-corrected chi connectivity index (χ2v) is 4.24. The Balaban J connectivity index is 2.13. The van der Waals surface area contributed by atoms with Gasteiger partial charge in [0.1, 0.15) is 6.29 Å². The summed E-state index contributed by atoms with van der Waals surface area (Å²) in [6, 6.07) is 0. The third-order valence-electron chi connectivity index (χ3n) is 2.90. The molecule has 3 nitrogen and oxygen atoms in total. The summed E-state index contributed by atoms with van der Waals surface area (Å²) in [5.74, 6) is 0. The Kier molecular flexibility index (Phi) is 6.60. The van der Waals surface area contributed by atoms with Crippen LogP contribution in [-0.2, 0) is 9.53 Å². The monoisotopic (exact) mass is 213 g/mol. The van der Waals surface area contributed by atoms with E-state index in [4.69, 9.17) is 4.74 Å². The number of nitrogens with zero attached hydrogens (tertiary/aromatic N) is 1. The molecule has 0 aromatic heterocycles. The van der Waals surface area contributed by atoms with Crippen LogP contribution >= 0.6 is 0 Å². The molecule has 1 rings (SSSR count). The summed E-state index contributed by atoms with van der Waals surface area (Å²) in [5, 5.41) is 0. The lowest BCUT2D eigenvalue weighted by molar-refractivity contribution is -0.108. The Bertz CT molecular complexity index is 173. The maximum Gasteiger partial charge on any atom is 0.120 e. The van der Waals surface area contributed by atoms with E-state index in [0.29, 0.717) is 12.5 Å².